The van der Waals surface area contributed by atoms with Crippen molar-refractivity contribution in [2.45, 2.75) is 53.0 Å². The van der Waals surface area contributed by atoms with E-state index in [2.05, 4.69) is 34.2 Å². The number of carbonyl (C=O) groups excluding carboxylic acids is 2. The van der Waals surface area contributed by atoms with Gasteiger partial charge in [0.05, 0.1) is 0 Å². The van der Waals surface area contributed by atoms with E-state index in [0.29, 0.717) is 17.6 Å². The number of rotatable bonds is 4. The molecule has 0 radical (unpaired) electrons. The van der Waals surface area contributed by atoms with Crippen molar-refractivity contribution in [3.63, 3.8) is 0 Å². The molecule has 2 heterocycles. The number of hydrogen-bond donors (Lipinski definition) is 1. The first-order chi connectivity index (χ1) is 12.3. The number of amides is 1. The summed E-state index contributed by atoms with van der Waals surface area (Å²) in [5.41, 5.74) is 1.61. The van der Waals surface area contributed by atoms with Crippen LogP contribution in [0.5, 0.6) is 0 Å². The summed E-state index contributed by atoms with van der Waals surface area (Å²) in [7, 11) is 0. The molecule has 2 aromatic rings. The Morgan fingerprint density at radius 3 is 2.81 bits per heavy atom. The van der Waals surface area contributed by atoms with Crippen molar-refractivity contribution in [1.82, 2.24) is 24.9 Å². The Labute approximate surface area is 152 Å². The zero-order chi connectivity index (χ0) is 18.8. The van der Waals surface area contributed by atoms with Crippen LogP contribution in [0.3, 0.4) is 0 Å². The van der Waals surface area contributed by atoms with E-state index in [1.807, 2.05) is 19.9 Å². The fourth-order valence-corrected chi connectivity index (χ4v) is 3.48. The molecule has 8 nitrogen and oxygen atoms in total. The van der Waals surface area contributed by atoms with Crippen LogP contribution in [0.25, 0.3) is 5.78 Å². The summed E-state index contributed by atoms with van der Waals surface area (Å²) in [6.07, 6.45) is 3.26. The molecular weight excluding hydrogens is 334 g/mol. The van der Waals surface area contributed by atoms with Crippen molar-refractivity contribution < 1.29 is 14.3 Å². The Morgan fingerprint density at radius 2 is 2.04 bits per heavy atom. The Hall–Kier alpha value is -2.51. The van der Waals surface area contributed by atoms with E-state index >= 15 is 0 Å². The Kier molecular flexibility index (Phi) is 5.20. The van der Waals surface area contributed by atoms with Gasteiger partial charge in [0.25, 0.3) is 17.5 Å². The third kappa shape index (κ3) is 3.84. The monoisotopic (exact) mass is 359 g/mol. The van der Waals surface area contributed by atoms with Crippen molar-refractivity contribution in [3.05, 3.63) is 23.3 Å². The number of carbonyl (C=O) groups is 2. The van der Waals surface area contributed by atoms with Crippen LogP contribution in [0.2, 0.25) is 0 Å². The molecule has 1 N–H and O–H groups in total. The molecule has 1 aliphatic carbocycles. The molecule has 26 heavy (non-hydrogen) atoms. The van der Waals surface area contributed by atoms with Gasteiger partial charge >= 0.3 is 5.97 Å². The molecule has 0 spiro atoms. The largest absolute Gasteiger partial charge is 0.450 e. The summed E-state index contributed by atoms with van der Waals surface area (Å²) < 4.78 is 6.56. The molecule has 0 unspecified atom stereocenters. The molecule has 0 saturated heterocycles. The lowest BCUT2D eigenvalue weighted by Crippen LogP contribution is -2.45. The second-order valence-corrected chi connectivity index (χ2v) is 7.20. The van der Waals surface area contributed by atoms with Crippen LogP contribution < -0.4 is 5.32 Å². The van der Waals surface area contributed by atoms with Gasteiger partial charge in [0, 0.05) is 17.4 Å². The van der Waals surface area contributed by atoms with Crippen LogP contribution in [-0.2, 0) is 9.53 Å². The fraction of sp³-hybridized carbons (Fsp3) is 0.611. The SMILES string of the molecule is Cc1cc(C)n2nc(C(=O)OCC(=O)N[C@H]3CCC[C@@H](C)[C@H]3C)nc2n1. The van der Waals surface area contributed by atoms with E-state index in [0.717, 1.165) is 24.2 Å². The van der Waals surface area contributed by atoms with Crippen LogP contribution in [0.15, 0.2) is 6.07 Å². The van der Waals surface area contributed by atoms with Gasteiger partial charge in [-0.2, -0.15) is 4.98 Å². The van der Waals surface area contributed by atoms with Gasteiger partial charge in [-0.05, 0) is 38.2 Å². The molecule has 1 aliphatic rings. The zero-order valence-corrected chi connectivity index (χ0v) is 15.7. The number of nitrogens with one attached hydrogen (secondary N) is 1. The van der Waals surface area contributed by atoms with Gasteiger partial charge in [0.15, 0.2) is 6.61 Å². The molecule has 3 atom stereocenters. The number of fused-ring (bicyclic) bond motifs is 1. The smallest absolute Gasteiger partial charge is 0.378 e. The standard InChI is InChI=1S/C18H25N5O3/c1-10-6-5-7-14(13(10)4)20-15(24)9-26-17(25)16-21-18-19-11(2)8-12(3)23(18)22-16/h8,10,13-14H,5-7,9H2,1-4H3,(H,20,24)/t10-,13-,14+/m1/s1. The second kappa shape index (κ2) is 7.39. The highest BCUT2D eigenvalue weighted by Gasteiger charge is 2.28. The van der Waals surface area contributed by atoms with Gasteiger partial charge in [-0.25, -0.2) is 14.3 Å². The predicted molar refractivity (Wildman–Crippen MR) is 94.6 cm³/mol. The fourth-order valence-electron chi connectivity index (χ4n) is 3.48. The lowest BCUT2D eigenvalue weighted by Gasteiger charge is -2.34. The van der Waals surface area contributed by atoms with E-state index in [1.165, 1.54) is 10.9 Å². The maximum Gasteiger partial charge on any atom is 0.378 e. The van der Waals surface area contributed by atoms with Crippen molar-refractivity contribution >= 4 is 17.7 Å². The number of ether oxygens (including phenoxy) is 1. The summed E-state index contributed by atoms with van der Waals surface area (Å²) in [5, 5.41) is 7.08. The van der Waals surface area contributed by atoms with Gasteiger partial charge in [-0.15, -0.1) is 5.10 Å². The lowest BCUT2D eigenvalue weighted by molar-refractivity contribution is -0.125. The Bertz CT molecular complexity index is 832. The molecule has 140 valence electrons. The van der Waals surface area contributed by atoms with Crippen LogP contribution in [0.1, 0.15) is 55.1 Å². The number of aryl methyl sites for hydroxylation is 2. The van der Waals surface area contributed by atoms with E-state index < -0.39 is 5.97 Å². The van der Waals surface area contributed by atoms with Crippen molar-refractivity contribution in [1.29, 1.82) is 0 Å². The molecule has 1 saturated carbocycles. The highest BCUT2D eigenvalue weighted by Crippen LogP contribution is 2.29. The van der Waals surface area contributed by atoms with Crippen molar-refractivity contribution in [2.75, 3.05) is 6.61 Å². The normalized spacial score (nSPS) is 23.0. The highest BCUT2D eigenvalue weighted by molar-refractivity contribution is 5.88. The van der Waals surface area contributed by atoms with Crippen molar-refractivity contribution in [2.24, 2.45) is 11.8 Å². The van der Waals surface area contributed by atoms with Crippen molar-refractivity contribution in [3.8, 4) is 0 Å². The topological polar surface area (TPSA) is 98.5 Å². The summed E-state index contributed by atoms with van der Waals surface area (Å²) in [6, 6.07) is 1.98. The average molecular weight is 359 g/mol. The van der Waals surface area contributed by atoms with Gasteiger partial charge in [0.1, 0.15) is 0 Å². The van der Waals surface area contributed by atoms with Gasteiger partial charge in [-0.1, -0.05) is 26.7 Å². The van der Waals surface area contributed by atoms with Crippen LogP contribution in [0, 0.1) is 25.7 Å². The van der Waals surface area contributed by atoms with E-state index in [-0.39, 0.29) is 24.4 Å². The number of esters is 1. The Morgan fingerprint density at radius 1 is 1.27 bits per heavy atom. The molecule has 3 rings (SSSR count). The minimum atomic E-state index is -0.729. The highest BCUT2D eigenvalue weighted by atomic mass is 16.5. The first-order valence-electron chi connectivity index (χ1n) is 9.02. The first-order valence-corrected chi connectivity index (χ1v) is 9.02. The Balaban J connectivity index is 1.58. The zero-order valence-electron chi connectivity index (χ0n) is 15.7. The van der Waals surface area contributed by atoms with Crippen LogP contribution in [0.4, 0.5) is 0 Å². The van der Waals surface area contributed by atoms with Gasteiger partial charge in [-0.3, -0.25) is 4.79 Å². The van der Waals surface area contributed by atoms with Crippen LogP contribution >= 0.6 is 0 Å². The number of hydrogen-bond acceptors (Lipinski definition) is 6. The van der Waals surface area contributed by atoms with Gasteiger partial charge < -0.3 is 10.1 Å². The summed E-state index contributed by atoms with van der Waals surface area (Å²) in [5.74, 6) is 0.215. The van der Waals surface area contributed by atoms with E-state index in [4.69, 9.17) is 4.74 Å². The molecule has 0 aliphatic heterocycles. The van der Waals surface area contributed by atoms with E-state index in [9.17, 15) is 9.59 Å². The maximum absolute atomic E-state index is 12.2. The maximum atomic E-state index is 12.2. The average Bonchev–Trinajstić information content (AvgIpc) is 3.01. The molecule has 1 fully saturated rings. The third-order valence-electron chi connectivity index (χ3n) is 5.19. The molecule has 1 amide bonds. The minimum Gasteiger partial charge on any atom is -0.450 e. The molecule has 0 aromatic carbocycles. The quantitative estimate of drug-likeness (QED) is 0.837. The second-order valence-electron chi connectivity index (χ2n) is 7.20. The molecule has 0 bridgehead atoms. The lowest BCUT2D eigenvalue weighted by atomic mass is 9.78. The summed E-state index contributed by atoms with van der Waals surface area (Å²) >= 11 is 0. The van der Waals surface area contributed by atoms with Crippen LogP contribution in [-0.4, -0.2) is 44.1 Å². The summed E-state index contributed by atoms with van der Waals surface area (Å²) in [6.45, 7) is 7.72. The number of aromatic nitrogens is 4. The number of nitrogens with zero attached hydrogens (tertiary/aromatic N) is 4. The molecule has 2 aromatic heterocycles. The summed E-state index contributed by atoms with van der Waals surface area (Å²) in [4.78, 5) is 32.6. The molecular formula is C18H25N5O3. The molecule has 8 heteroatoms. The van der Waals surface area contributed by atoms with E-state index in [1.54, 1.807) is 0 Å². The minimum absolute atomic E-state index is 0.0985. The first kappa shape index (κ1) is 18.3. The van der Waals surface area contributed by atoms with Gasteiger partial charge in [0.2, 0.25) is 0 Å². The third-order valence-corrected chi connectivity index (χ3v) is 5.19. The predicted octanol–water partition coefficient (Wildman–Crippen LogP) is 1.84.